The molecule has 0 N–H and O–H groups in total. The van der Waals surface area contributed by atoms with Crippen LogP contribution in [-0.2, 0) is 9.59 Å². The van der Waals surface area contributed by atoms with Crippen molar-refractivity contribution >= 4 is 11.8 Å². The van der Waals surface area contributed by atoms with Crippen LogP contribution in [0.2, 0.25) is 0 Å². The number of amides is 2. The van der Waals surface area contributed by atoms with Crippen molar-refractivity contribution in [3.63, 3.8) is 0 Å². The van der Waals surface area contributed by atoms with Gasteiger partial charge in [-0.3, -0.25) is 14.5 Å². The number of hydrogen-bond acceptors (Lipinski definition) is 2. The van der Waals surface area contributed by atoms with Crippen LogP contribution < -0.4 is 0 Å². The van der Waals surface area contributed by atoms with Crippen molar-refractivity contribution in [2.75, 3.05) is 0 Å². The molecule has 0 saturated heterocycles. The smallest absolute Gasteiger partial charge is 0.256 e. The van der Waals surface area contributed by atoms with Crippen LogP contribution in [0.3, 0.4) is 0 Å². The Morgan fingerprint density at radius 1 is 1.29 bits per heavy atom. The molecule has 0 bridgehead atoms. The van der Waals surface area contributed by atoms with E-state index >= 15 is 0 Å². The first-order valence-corrected chi connectivity index (χ1v) is 4.99. The summed E-state index contributed by atoms with van der Waals surface area (Å²) in [6.45, 7) is 7.77. The van der Waals surface area contributed by atoms with Gasteiger partial charge in [-0.15, -0.1) is 0 Å². The van der Waals surface area contributed by atoms with Crippen molar-refractivity contribution in [2.24, 2.45) is 5.92 Å². The number of carbonyl (C=O) groups excluding carboxylic acids is 2. The molecule has 0 aromatic carbocycles. The van der Waals surface area contributed by atoms with Gasteiger partial charge in [0.2, 0.25) is 0 Å². The van der Waals surface area contributed by atoms with E-state index in [0.717, 1.165) is 6.42 Å². The van der Waals surface area contributed by atoms with E-state index in [4.69, 9.17) is 0 Å². The SMILES string of the molecule is CC1=CC(=O)N(C(C)CC(C)C)C1=O. The molecule has 1 aliphatic rings. The molecule has 1 rings (SSSR count). The topological polar surface area (TPSA) is 37.4 Å². The summed E-state index contributed by atoms with van der Waals surface area (Å²) in [6, 6.07) is 0.00343. The van der Waals surface area contributed by atoms with Gasteiger partial charge in [-0.25, -0.2) is 0 Å². The van der Waals surface area contributed by atoms with Crippen molar-refractivity contribution in [3.05, 3.63) is 11.6 Å². The van der Waals surface area contributed by atoms with Gasteiger partial charge in [0.15, 0.2) is 0 Å². The van der Waals surface area contributed by atoms with Gasteiger partial charge >= 0.3 is 0 Å². The molecule has 1 unspecified atom stereocenters. The number of rotatable bonds is 3. The molecule has 1 heterocycles. The van der Waals surface area contributed by atoms with Crippen LogP contribution >= 0.6 is 0 Å². The summed E-state index contributed by atoms with van der Waals surface area (Å²) >= 11 is 0. The van der Waals surface area contributed by atoms with Crippen LogP contribution in [-0.4, -0.2) is 22.8 Å². The summed E-state index contributed by atoms with van der Waals surface area (Å²) in [5.74, 6) is 0.190. The highest BCUT2D eigenvalue weighted by Gasteiger charge is 2.32. The van der Waals surface area contributed by atoms with Gasteiger partial charge in [-0.05, 0) is 26.2 Å². The molecule has 0 aromatic heterocycles. The Morgan fingerprint density at radius 2 is 1.86 bits per heavy atom. The van der Waals surface area contributed by atoms with Crippen molar-refractivity contribution in [1.29, 1.82) is 0 Å². The van der Waals surface area contributed by atoms with Crippen LogP contribution in [0.15, 0.2) is 11.6 Å². The number of nitrogens with zero attached hydrogens (tertiary/aromatic N) is 1. The van der Waals surface area contributed by atoms with E-state index in [0.29, 0.717) is 11.5 Å². The van der Waals surface area contributed by atoms with E-state index < -0.39 is 0 Å². The standard InChI is InChI=1S/C11H17NO2/c1-7(2)5-9(4)12-10(13)6-8(3)11(12)14/h6-7,9H,5H2,1-4H3. The molecule has 3 heteroatoms. The first-order valence-electron chi connectivity index (χ1n) is 4.99. The van der Waals surface area contributed by atoms with Crippen LogP contribution in [0, 0.1) is 5.92 Å². The second-order valence-corrected chi connectivity index (χ2v) is 4.32. The highest BCUT2D eigenvalue weighted by Crippen LogP contribution is 2.19. The lowest BCUT2D eigenvalue weighted by Crippen LogP contribution is -2.39. The Labute approximate surface area is 84.8 Å². The highest BCUT2D eigenvalue weighted by atomic mass is 16.2. The van der Waals surface area contributed by atoms with Crippen LogP contribution in [0.5, 0.6) is 0 Å². The number of carbonyl (C=O) groups is 2. The third-order valence-corrected chi connectivity index (χ3v) is 2.39. The van der Waals surface area contributed by atoms with Gasteiger partial charge in [-0.1, -0.05) is 13.8 Å². The van der Waals surface area contributed by atoms with Crippen molar-refractivity contribution in [2.45, 2.75) is 40.2 Å². The summed E-state index contributed by atoms with van der Waals surface area (Å²) in [5.41, 5.74) is 0.547. The molecule has 0 aliphatic carbocycles. The first-order chi connectivity index (χ1) is 6.43. The fourth-order valence-corrected chi connectivity index (χ4v) is 1.81. The minimum atomic E-state index is -0.166. The molecule has 0 spiro atoms. The van der Waals surface area contributed by atoms with Gasteiger partial charge < -0.3 is 0 Å². The van der Waals surface area contributed by atoms with Crippen LogP contribution in [0.1, 0.15) is 34.1 Å². The minimum absolute atomic E-state index is 0.00343. The van der Waals surface area contributed by atoms with Gasteiger partial charge in [-0.2, -0.15) is 0 Å². The fourth-order valence-electron chi connectivity index (χ4n) is 1.81. The lowest BCUT2D eigenvalue weighted by atomic mass is 10.0. The van der Waals surface area contributed by atoms with Crippen molar-refractivity contribution in [1.82, 2.24) is 4.90 Å². The van der Waals surface area contributed by atoms with E-state index in [9.17, 15) is 9.59 Å². The lowest BCUT2D eigenvalue weighted by molar-refractivity contribution is -0.139. The van der Waals surface area contributed by atoms with E-state index in [1.807, 2.05) is 6.92 Å². The lowest BCUT2D eigenvalue weighted by Gasteiger charge is -2.24. The summed E-state index contributed by atoms with van der Waals surface area (Å²) in [5, 5.41) is 0. The molecule has 78 valence electrons. The second kappa shape index (κ2) is 3.95. The largest absolute Gasteiger partial charge is 0.272 e. The zero-order chi connectivity index (χ0) is 10.9. The fraction of sp³-hybridized carbons (Fsp3) is 0.636. The Kier molecular flexibility index (Phi) is 3.09. The monoisotopic (exact) mass is 195 g/mol. The highest BCUT2D eigenvalue weighted by molar-refractivity contribution is 6.16. The van der Waals surface area contributed by atoms with Crippen molar-refractivity contribution < 1.29 is 9.59 Å². The Hall–Kier alpha value is -1.12. The molecule has 0 aromatic rings. The number of imide groups is 1. The molecule has 0 radical (unpaired) electrons. The quantitative estimate of drug-likeness (QED) is 0.643. The summed E-state index contributed by atoms with van der Waals surface area (Å²) in [4.78, 5) is 24.4. The summed E-state index contributed by atoms with van der Waals surface area (Å²) < 4.78 is 0. The molecule has 2 amide bonds. The van der Waals surface area contributed by atoms with Gasteiger partial charge in [0.1, 0.15) is 0 Å². The zero-order valence-electron chi connectivity index (χ0n) is 9.20. The van der Waals surface area contributed by atoms with E-state index in [1.54, 1.807) is 6.92 Å². The molecule has 1 atom stereocenters. The predicted molar refractivity (Wildman–Crippen MR) is 54.5 cm³/mol. The zero-order valence-corrected chi connectivity index (χ0v) is 9.20. The second-order valence-electron chi connectivity index (χ2n) is 4.32. The average Bonchev–Trinajstić information content (AvgIpc) is 2.25. The van der Waals surface area contributed by atoms with Crippen molar-refractivity contribution in [3.8, 4) is 0 Å². The van der Waals surface area contributed by atoms with Crippen LogP contribution in [0.25, 0.3) is 0 Å². The number of hydrogen-bond donors (Lipinski definition) is 0. The third kappa shape index (κ3) is 2.03. The maximum atomic E-state index is 11.6. The van der Waals surface area contributed by atoms with E-state index in [1.165, 1.54) is 11.0 Å². The minimum Gasteiger partial charge on any atom is -0.272 e. The Bertz CT molecular complexity index is 292. The third-order valence-electron chi connectivity index (χ3n) is 2.39. The van der Waals surface area contributed by atoms with Gasteiger partial charge in [0, 0.05) is 17.7 Å². The Morgan fingerprint density at radius 3 is 2.21 bits per heavy atom. The molecule has 3 nitrogen and oxygen atoms in total. The molecule has 1 aliphatic heterocycles. The average molecular weight is 195 g/mol. The van der Waals surface area contributed by atoms with Crippen LogP contribution in [0.4, 0.5) is 0 Å². The van der Waals surface area contributed by atoms with Gasteiger partial charge in [0.05, 0.1) is 0 Å². The van der Waals surface area contributed by atoms with E-state index in [-0.39, 0.29) is 17.9 Å². The normalized spacial score (nSPS) is 19.2. The molecule has 14 heavy (non-hydrogen) atoms. The van der Waals surface area contributed by atoms with Gasteiger partial charge in [0.25, 0.3) is 11.8 Å². The predicted octanol–water partition coefficient (Wildman–Crippen LogP) is 1.74. The Balaban J connectivity index is 2.71. The maximum Gasteiger partial charge on any atom is 0.256 e. The van der Waals surface area contributed by atoms with E-state index in [2.05, 4.69) is 13.8 Å². The molecule has 0 saturated carbocycles. The summed E-state index contributed by atoms with van der Waals surface area (Å²) in [7, 11) is 0. The maximum absolute atomic E-state index is 11.6. The first kappa shape index (κ1) is 11.0. The molecular weight excluding hydrogens is 178 g/mol. The molecule has 0 fully saturated rings. The molecular formula is C11H17NO2. The summed E-state index contributed by atoms with van der Waals surface area (Å²) in [6.07, 6.45) is 2.28.